The molecule has 0 bridgehead atoms. The first-order valence-corrected chi connectivity index (χ1v) is 9.81. The lowest BCUT2D eigenvalue weighted by Gasteiger charge is -2.38. The maximum Gasteiger partial charge on any atom is 0.118 e. The summed E-state index contributed by atoms with van der Waals surface area (Å²) >= 11 is 0. The highest BCUT2D eigenvalue weighted by atomic mass is 16.5. The number of hydrogen-bond acceptors (Lipinski definition) is 5. The normalized spacial score (nSPS) is 31.4. The molecule has 3 aliphatic rings. The minimum Gasteiger partial charge on any atom is -0.465 e. The second kappa shape index (κ2) is 7.78. The number of ether oxygens (including phenoxy) is 3. The van der Waals surface area contributed by atoms with Crippen molar-refractivity contribution >= 4 is 0 Å². The van der Waals surface area contributed by atoms with Gasteiger partial charge in [0.05, 0.1) is 32.0 Å². The van der Waals surface area contributed by atoms with E-state index in [9.17, 15) is 0 Å². The summed E-state index contributed by atoms with van der Waals surface area (Å²) in [7, 11) is 0. The van der Waals surface area contributed by atoms with Gasteiger partial charge in [-0.05, 0) is 57.1 Å². The average Bonchev–Trinajstić information content (AvgIpc) is 3.18. The SMILES string of the molecule is Cc1cc(CN2CCO[C@H]3[C@H](OCC4CCOCC4)CC[C@@H]32)oc1C. The van der Waals surface area contributed by atoms with Crippen LogP contribution in [0.25, 0.3) is 0 Å². The predicted octanol–water partition coefficient (Wildman–Crippen LogP) is 3.07. The second-order valence-electron chi connectivity index (χ2n) is 7.83. The number of fused-ring (bicyclic) bond motifs is 1. The van der Waals surface area contributed by atoms with Crippen LogP contribution in [0, 0.1) is 19.8 Å². The molecule has 1 aromatic rings. The lowest BCUT2D eigenvalue weighted by molar-refractivity contribution is -0.123. The Morgan fingerprint density at radius 1 is 1.12 bits per heavy atom. The average molecular weight is 349 g/mol. The zero-order chi connectivity index (χ0) is 17.2. The summed E-state index contributed by atoms with van der Waals surface area (Å²) < 4.78 is 23.8. The van der Waals surface area contributed by atoms with Gasteiger partial charge < -0.3 is 18.6 Å². The van der Waals surface area contributed by atoms with E-state index in [-0.39, 0.29) is 12.2 Å². The second-order valence-corrected chi connectivity index (χ2v) is 7.83. The van der Waals surface area contributed by atoms with Gasteiger partial charge in [0.25, 0.3) is 0 Å². The van der Waals surface area contributed by atoms with Crippen molar-refractivity contribution in [3.8, 4) is 0 Å². The van der Waals surface area contributed by atoms with E-state index in [0.717, 1.165) is 76.7 Å². The molecule has 3 heterocycles. The van der Waals surface area contributed by atoms with Crippen LogP contribution in [0.2, 0.25) is 0 Å². The topological polar surface area (TPSA) is 44.1 Å². The van der Waals surface area contributed by atoms with Gasteiger partial charge in [0.2, 0.25) is 0 Å². The first-order valence-electron chi connectivity index (χ1n) is 9.81. The smallest absolute Gasteiger partial charge is 0.118 e. The van der Waals surface area contributed by atoms with Crippen molar-refractivity contribution in [3.05, 3.63) is 23.2 Å². The molecule has 0 aromatic carbocycles. The van der Waals surface area contributed by atoms with E-state index in [1.165, 1.54) is 5.56 Å². The minimum absolute atomic E-state index is 0.214. The zero-order valence-corrected chi connectivity index (χ0v) is 15.5. The van der Waals surface area contributed by atoms with Crippen molar-refractivity contribution < 1.29 is 18.6 Å². The van der Waals surface area contributed by atoms with Gasteiger partial charge in [-0.3, -0.25) is 4.90 Å². The van der Waals surface area contributed by atoms with Crippen LogP contribution in [-0.2, 0) is 20.8 Å². The predicted molar refractivity (Wildman–Crippen MR) is 94.6 cm³/mol. The zero-order valence-electron chi connectivity index (χ0n) is 15.5. The summed E-state index contributed by atoms with van der Waals surface area (Å²) in [6.07, 6.45) is 4.98. The standard InChI is InChI=1S/C20H31NO4/c1-14-11-17(25-15(14)2)12-21-7-10-23-20-18(21)3-4-19(20)24-13-16-5-8-22-9-6-16/h11,16,18-20H,3-10,12-13H2,1-2H3/t18-,19+,20+/m0/s1. The largest absolute Gasteiger partial charge is 0.465 e. The van der Waals surface area contributed by atoms with Crippen molar-refractivity contribution in [1.29, 1.82) is 0 Å². The number of nitrogens with zero attached hydrogens (tertiary/aromatic N) is 1. The van der Waals surface area contributed by atoms with Crippen molar-refractivity contribution in [1.82, 2.24) is 4.90 Å². The third kappa shape index (κ3) is 3.95. The molecule has 1 saturated carbocycles. The van der Waals surface area contributed by atoms with Crippen molar-refractivity contribution in [2.24, 2.45) is 5.92 Å². The Morgan fingerprint density at radius 2 is 1.96 bits per heavy atom. The quantitative estimate of drug-likeness (QED) is 0.817. The van der Waals surface area contributed by atoms with E-state index in [4.69, 9.17) is 18.6 Å². The molecular formula is C20H31NO4. The number of aryl methyl sites for hydroxylation is 2. The van der Waals surface area contributed by atoms with E-state index >= 15 is 0 Å². The fourth-order valence-electron chi connectivity index (χ4n) is 4.47. The molecule has 0 spiro atoms. The molecular weight excluding hydrogens is 318 g/mol. The molecule has 4 rings (SSSR count). The Balaban J connectivity index is 1.33. The van der Waals surface area contributed by atoms with Crippen LogP contribution in [-0.4, -0.2) is 56.1 Å². The Bertz CT molecular complexity index is 547. The van der Waals surface area contributed by atoms with E-state index in [0.29, 0.717) is 12.0 Å². The lowest BCUT2D eigenvalue weighted by atomic mass is 10.0. The van der Waals surface area contributed by atoms with Gasteiger partial charge >= 0.3 is 0 Å². The molecule has 2 aliphatic heterocycles. The Labute approximate surface area is 150 Å². The van der Waals surface area contributed by atoms with Gasteiger partial charge in [0.15, 0.2) is 0 Å². The van der Waals surface area contributed by atoms with Gasteiger partial charge in [0, 0.05) is 25.8 Å². The fraction of sp³-hybridized carbons (Fsp3) is 0.800. The molecule has 0 unspecified atom stereocenters. The lowest BCUT2D eigenvalue weighted by Crippen LogP contribution is -2.51. The van der Waals surface area contributed by atoms with Crippen LogP contribution in [0.5, 0.6) is 0 Å². The molecule has 0 radical (unpaired) electrons. The minimum atomic E-state index is 0.214. The van der Waals surface area contributed by atoms with Crippen LogP contribution in [0.15, 0.2) is 10.5 Å². The molecule has 5 heteroatoms. The van der Waals surface area contributed by atoms with Crippen LogP contribution >= 0.6 is 0 Å². The molecule has 2 saturated heterocycles. The Morgan fingerprint density at radius 3 is 2.72 bits per heavy atom. The van der Waals surface area contributed by atoms with E-state index in [2.05, 4.69) is 17.9 Å². The van der Waals surface area contributed by atoms with Crippen LogP contribution in [0.1, 0.15) is 42.8 Å². The monoisotopic (exact) mass is 349 g/mol. The highest BCUT2D eigenvalue weighted by Crippen LogP contribution is 2.34. The van der Waals surface area contributed by atoms with Crippen LogP contribution in [0.3, 0.4) is 0 Å². The molecule has 5 nitrogen and oxygen atoms in total. The molecule has 0 N–H and O–H groups in total. The van der Waals surface area contributed by atoms with Gasteiger partial charge in [-0.25, -0.2) is 0 Å². The molecule has 1 aromatic heterocycles. The number of furan rings is 1. The molecule has 3 fully saturated rings. The van der Waals surface area contributed by atoms with Crippen LogP contribution in [0.4, 0.5) is 0 Å². The number of hydrogen-bond donors (Lipinski definition) is 0. The summed E-state index contributed by atoms with van der Waals surface area (Å²) in [5.74, 6) is 2.76. The summed E-state index contributed by atoms with van der Waals surface area (Å²) in [6.45, 7) is 9.43. The van der Waals surface area contributed by atoms with Crippen LogP contribution < -0.4 is 0 Å². The first-order chi connectivity index (χ1) is 12.2. The van der Waals surface area contributed by atoms with Crippen molar-refractivity contribution in [2.75, 3.05) is 33.0 Å². The Kier molecular flexibility index (Phi) is 5.46. The highest BCUT2D eigenvalue weighted by Gasteiger charge is 2.43. The first kappa shape index (κ1) is 17.5. The molecule has 1 aliphatic carbocycles. The maximum absolute atomic E-state index is 6.30. The third-order valence-electron chi connectivity index (χ3n) is 6.11. The summed E-state index contributed by atoms with van der Waals surface area (Å²) in [4.78, 5) is 2.53. The van der Waals surface area contributed by atoms with E-state index in [1.807, 2.05) is 6.92 Å². The van der Waals surface area contributed by atoms with Gasteiger partial charge in [0.1, 0.15) is 11.5 Å². The van der Waals surface area contributed by atoms with Crippen molar-refractivity contribution in [2.45, 2.75) is 64.3 Å². The molecule has 140 valence electrons. The van der Waals surface area contributed by atoms with Gasteiger partial charge in [-0.15, -0.1) is 0 Å². The third-order valence-corrected chi connectivity index (χ3v) is 6.11. The summed E-state index contributed by atoms with van der Waals surface area (Å²) in [5, 5.41) is 0. The molecule has 3 atom stereocenters. The number of rotatable bonds is 5. The summed E-state index contributed by atoms with van der Waals surface area (Å²) in [5.41, 5.74) is 1.24. The fourth-order valence-corrected chi connectivity index (χ4v) is 4.47. The van der Waals surface area contributed by atoms with Gasteiger partial charge in [-0.1, -0.05) is 0 Å². The molecule has 0 amide bonds. The Hall–Kier alpha value is -0.880. The van der Waals surface area contributed by atoms with Crippen molar-refractivity contribution in [3.63, 3.8) is 0 Å². The molecule has 25 heavy (non-hydrogen) atoms. The highest BCUT2D eigenvalue weighted by molar-refractivity contribution is 5.18. The van der Waals surface area contributed by atoms with Gasteiger partial charge in [-0.2, -0.15) is 0 Å². The van der Waals surface area contributed by atoms with E-state index < -0.39 is 0 Å². The summed E-state index contributed by atoms with van der Waals surface area (Å²) in [6, 6.07) is 2.63. The number of morpholine rings is 1. The maximum atomic E-state index is 6.30. The van der Waals surface area contributed by atoms with E-state index in [1.54, 1.807) is 0 Å².